The van der Waals surface area contributed by atoms with Crippen LogP contribution in [0.15, 0.2) is 60.7 Å². The first-order valence-corrected chi connectivity index (χ1v) is 13.0. The lowest BCUT2D eigenvalue weighted by Crippen LogP contribution is -2.66. The van der Waals surface area contributed by atoms with E-state index in [-0.39, 0.29) is 18.2 Å². The van der Waals surface area contributed by atoms with Crippen LogP contribution >= 0.6 is 0 Å². The van der Waals surface area contributed by atoms with Gasteiger partial charge in [-0.05, 0) is 36.2 Å². The molecule has 0 saturated heterocycles. The summed E-state index contributed by atoms with van der Waals surface area (Å²) < 4.78 is 6.93. The second kappa shape index (κ2) is 9.49. The standard InChI is InChI=1S/C25H34N4O3Si/c1-24(2,3)29(23(30)31)17-21-22(27-28-26-21)18-32-33(25(4,5)6,19-13-9-7-10-14-19)20-15-11-8-12-16-20/h7-16H,17-18H2,1-6H3,(H,30,31)(H,26,27,28). The highest BCUT2D eigenvalue weighted by atomic mass is 28.4. The maximum Gasteiger partial charge on any atom is 0.408 e. The largest absolute Gasteiger partial charge is 0.465 e. The van der Waals surface area contributed by atoms with Crippen LogP contribution in [0.1, 0.15) is 52.9 Å². The van der Waals surface area contributed by atoms with Crippen LogP contribution in [-0.2, 0) is 17.6 Å². The molecular formula is C25H34N4O3Si. The Balaban J connectivity index is 2.01. The van der Waals surface area contributed by atoms with Gasteiger partial charge in [0.25, 0.3) is 8.32 Å². The summed E-state index contributed by atoms with van der Waals surface area (Å²) in [5, 5.41) is 23.0. The number of rotatable bonds is 7. The van der Waals surface area contributed by atoms with Crippen LogP contribution in [-0.4, -0.2) is 45.4 Å². The highest BCUT2D eigenvalue weighted by molar-refractivity contribution is 6.99. The number of benzene rings is 2. The average molecular weight is 467 g/mol. The molecule has 3 aromatic rings. The molecule has 2 aromatic carbocycles. The number of H-pyrrole nitrogens is 1. The molecule has 3 rings (SSSR count). The third-order valence-electron chi connectivity index (χ3n) is 5.90. The third kappa shape index (κ3) is 5.17. The average Bonchev–Trinajstić information content (AvgIpc) is 3.19. The summed E-state index contributed by atoms with van der Waals surface area (Å²) in [5.74, 6) is 0. The fourth-order valence-electron chi connectivity index (χ4n) is 4.20. The van der Waals surface area contributed by atoms with Crippen LogP contribution in [0, 0.1) is 0 Å². The van der Waals surface area contributed by atoms with Gasteiger partial charge >= 0.3 is 6.09 Å². The van der Waals surface area contributed by atoms with E-state index < -0.39 is 19.9 Å². The van der Waals surface area contributed by atoms with Crippen molar-refractivity contribution in [3.63, 3.8) is 0 Å². The Kier molecular flexibility index (Phi) is 7.09. The number of carboxylic acid groups (broad SMARTS) is 1. The SMILES string of the molecule is CC(C)(C)N(Cc1[nH]nnc1CO[Si](c1ccccc1)(c1ccccc1)C(C)(C)C)C(=O)O. The van der Waals surface area contributed by atoms with Gasteiger partial charge in [0.15, 0.2) is 0 Å². The predicted molar refractivity (Wildman–Crippen MR) is 132 cm³/mol. The molecule has 0 aliphatic carbocycles. The summed E-state index contributed by atoms with van der Waals surface area (Å²) in [6, 6.07) is 20.8. The Hall–Kier alpha value is -2.97. The van der Waals surface area contributed by atoms with E-state index in [0.717, 1.165) is 0 Å². The Morgan fingerprint density at radius 1 is 0.970 bits per heavy atom. The molecule has 0 bridgehead atoms. The highest BCUT2D eigenvalue weighted by Crippen LogP contribution is 2.37. The highest BCUT2D eigenvalue weighted by Gasteiger charge is 2.50. The zero-order valence-electron chi connectivity index (χ0n) is 20.3. The van der Waals surface area contributed by atoms with Gasteiger partial charge in [0.1, 0.15) is 5.69 Å². The molecule has 0 fully saturated rings. The van der Waals surface area contributed by atoms with Gasteiger partial charge in [0, 0.05) is 5.54 Å². The molecule has 0 aliphatic rings. The first-order chi connectivity index (χ1) is 15.5. The Morgan fingerprint density at radius 2 is 1.48 bits per heavy atom. The van der Waals surface area contributed by atoms with Gasteiger partial charge in [-0.15, -0.1) is 5.10 Å². The molecule has 0 saturated carbocycles. The molecule has 1 amide bonds. The van der Waals surface area contributed by atoms with Crippen LogP contribution in [0.3, 0.4) is 0 Å². The molecule has 0 unspecified atom stereocenters. The Morgan fingerprint density at radius 3 is 1.91 bits per heavy atom. The second-order valence-electron chi connectivity index (χ2n) is 10.2. The van der Waals surface area contributed by atoms with E-state index in [2.05, 4.69) is 60.4 Å². The quantitative estimate of drug-likeness (QED) is 0.510. The normalized spacial score (nSPS) is 12.5. The van der Waals surface area contributed by atoms with Crippen LogP contribution in [0.4, 0.5) is 4.79 Å². The number of hydrogen-bond donors (Lipinski definition) is 2. The van der Waals surface area contributed by atoms with E-state index in [0.29, 0.717) is 11.4 Å². The predicted octanol–water partition coefficient (Wildman–Crippen LogP) is 4.16. The summed E-state index contributed by atoms with van der Waals surface area (Å²) in [5.41, 5.74) is 0.705. The van der Waals surface area contributed by atoms with Crippen molar-refractivity contribution in [2.45, 2.75) is 65.3 Å². The molecular weight excluding hydrogens is 432 g/mol. The smallest absolute Gasteiger partial charge is 0.408 e. The molecule has 1 heterocycles. The van der Waals surface area contributed by atoms with Crippen molar-refractivity contribution in [1.82, 2.24) is 20.3 Å². The second-order valence-corrected chi connectivity index (χ2v) is 14.5. The first-order valence-electron chi connectivity index (χ1n) is 11.1. The topological polar surface area (TPSA) is 91.3 Å². The number of nitrogens with one attached hydrogen (secondary N) is 1. The molecule has 7 nitrogen and oxygen atoms in total. The van der Waals surface area contributed by atoms with Crippen molar-refractivity contribution in [3.05, 3.63) is 72.1 Å². The van der Waals surface area contributed by atoms with Crippen LogP contribution in [0.25, 0.3) is 0 Å². The first kappa shape index (κ1) is 24.7. The van der Waals surface area contributed by atoms with Gasteiger partial charge in [-0.2, -0.15) is 0 Å². The van der Waals surface area contributed by atoms with E-state index >= 15 is 0 Å². The zero-order chi connectivity index (χ0) is 24.3. The Labute approximate surface area is 196 Å². The van der Waals surface area contributed by atoms with Gasteiger partial charge < -0.3 is 9.53 Å². The van der Waals surface area contributed by atoms with E-state index in [1.54, 1.807) is 0 Å². The minimum absolute atomic E-state index is 0.158. The van der Waals surface area contributed by atoms with Gasteiger partial charge in [-0.3, -0.25) is 10.00 Å². The molecule has 0 radical (unpaired) electrons. The molecule has 8 heteroatoms. The summed E-state index contributed by atoms with van der Waals surface area (Å²) in [7, 11) is -2.74. The lowest BCUT2D eigenvalue weighted by atomic mass is 10.1. The van der Waals surface area contributed by atoms with Gasteiger partial charge in [0.05, 0.1) is 18.8 Å². The third-order valence-corrected chi connectivity index (χ3v) is 10.9. The van der Waals surface area contributed by atoms with Crippen molar-refractivity contribution in [2.24, 2.45) is 0 Å². The molecule has 0 spiro atoms. The number of aromatic nitrogens is 3. The van der Waals surface area contributed by atoms with Crippen LogP contribution in [0.5, 0.6) is 0 Å². The fraction of sp³-hybridized carbons (Fsp3) is 0.400. The van der Waals surface area contributed by atoms with Crippen LogP contribution in [0.2, 0.25) is 5.04 Å². The lowest BCUT2D eigenvalue weighted by Gasteiger charge is -2.43. The summed E-state index contributed by atoms with van der Waals surface area (Å²) in [6.07, 6.45) is -0.990. The summed E-state index contributed by atoms with van der Waals surface area (Å²) in [6.45, 7) is 12.6. The fourth-order valence-corrected chi connectivity index (χ4v) is 8.71. The molecule has 2 N–H and O–H groups in total. The maximum atomic E-state index is 11.8. The van der Waals surface area contributed by atoms with Crippen molar-refractivity contribution < 1.29 is 14.3 Å². The molecule has 33 heavy (non-hydrogen) atoms. The lowest BCUT2D eigenvalue weighted by molar-refractivity contribution is 0.0942. The molecule has 1 aromatic heterocycles. The monoisotopic (exact) mass is 466 g/mol. The Bertz CT molecular complexity index is 1020. The number of hydrogen-bond acceptors (Lipinski definition) is 4. The van der Waals surface area contributed by atoms with E-state index in [1.807, 2.05) is 57.2 Å². The minimum Gasteiger partial charge on any atom is -0.465 e. The van der Waals surface area contributed by atoms with Crippen molar-refractivity contribution in [2.75, 3.05) is 0 Å². The molecule has 176 valence electrons. The number of amides is 1. The number of nitrogens with zero attached hydrogens (tertiary/aromatic N) is 3. The van der Waals surface area contributed by atoms with Gasteiger partial charge in [-0.25, -0.2) is 4.79 Å². The van der Waals surface area contributed by atoms with Crippen molar-refractivity contribution >= 4 is 24.8 Å². The summed E-state index contributed by atoms with van der Waals surface area (Å²) in [4.78, 5) is 13.2. The van der Waals surface area contributed by atoms with Gasteiger partial charge in [0.2, 0.25) is 0 Å². The maximum absolute atomic E-state index is 11.8. The number of carbonyl (C=O) groups is 1. The molecule has 0 atom stereocenters. The van der Waals surface area contributed by atoms with Crippen molar-refractivity contribution in [1.29, 1.82) is 0 Å². The van der Waals surface area contributed by atoms with E-state index in [4.69, 9.17) is 4.43 Å². The number of aromatic amines is 1. The van der Waals surface area contributed by atoms with Gasteiger partial charge in [-0.1, -0.05) is 86.6 Å². The molecule has 0 aliphatic heterocycles. The van der Waals surface area contributed by atoms with Crippen LogP contribution < -0.4 is 10.4 Å². The van der Waals surface area contributed by atoms with E-state index in [1.165, 1.54) is 15.3 Å². The minimum atomic E-state index is -2.74. The summed E-state index contributed by atoms with van der Waals surface area (Å²) >= 11 is 0. The van der Waals surface area contributed by atoms with Crippen molar-refractivity contribution in [3.8, 4) is 0 Å². The zero-order valence-corrected chi connectivity index (χ0v) is 21.3. The van der Waals surface area contributed by atoms with E-state index in [9.17, 15) is 9.90 Å².